The number of hydrogen-bond donors (Lipinski definition) is 2. The molecule has 2 aromatic carbocycles. The van der Waals surface area contributed by atoms with Crippen molar-refractivity contribution < 1.29 is 17.6 Å². The van der Waals surface area contributed by atoms with Gasteiger partial charge < -0.3 is 9.73 Å². The lowest BCUT2D eigenvalue weighted by Crippen LogP contribution is -2.30. The summed E-state index contributed by atoms with van der Waals surface area (Å²) in [6, 6.07) is 13.8. The van der Waals surface area contributed by atoms with E-state index in [1.807, 2.05) is 37.3 Å². The maximum absolute atomic E-state index is 12.3. The lowest BCUT2D eigenvalue weighted by atomic mass is 10.2. The van der Waals surface area contributed by atoms with E-state index in [1.165, 1.54) is 26.2 Å². The fraction of sp³-hybridized carbons (Fsp3) is 0.250. The van der Waals surface area contributed by atoms with Crippen LogP contribution in [-0.4, -0.2) is 39.3 Å². The molecule has 0 bridgehead atoms. The molecule has 29 heavy (non-hydrogen) atoms. The Morgan fingerprint density at radius 3 is 2.59 bits per heavy atom. The number of carbonyl (C=O) groups excluding carboxylic acids is 1. The highest BCUT2D eigenvalue weighted by Gasteiger charge is 2.21. The number of furan rings is 1. The van der Waals surface area contributed by atoms with Gasteiger partial charge in [-0.25, -0.2) is 12.7 Å². The standard InChI is InChI=1S/C20H22ClN3O4S/c1-13(18-10-14-6-4-5-7-17(14)28-18)22-12-20(25)23-15-8-9-16(21)19(11-15)29(26,27)24(2)3/h4-11,13,22H,12H2,1-3H3,(H,23,25). The summed E-state index contributed by atoms with van der Waals surface area (Å²) in [5.74, 6) is 0.411. The Labute approximate surface area is 174 Å². The topological polar surface area (TPSA) is 91.7 Å². The lowest BCUT2D eigenvalue weighted by Gasteiger charge is -2.15. The monoisotopic (exact) mass is 435 g/mol. The van der Waals surface area contributed by atoms with E-state index in [0.717, 1.165) is 21.0 Å². The minimum absolute atomic E-state index is 0.0244. The van der Waals surface area contributed by atoms with Gasteiger partial charge >= 0.3 is 0 Å². The van der Waals surface area contributed by atoms with Crippen LogP contribution in [0.3, 0.4) is 0 Å². The molecule has 2 N–H and O–H groups in total. The summed E-state index contributed by atoms with van der Waals surface area (Å²) >= 11 is 6.02. The Balaban J connectivity index is 1.65. The zero-order valence-corrected chi connectivity index (χ0v) is 17.8. The lowest BCUT2D eigenvalue weighted by molar-refractivity contribution is -0.115. The normalized spacial score (nSPS) is 13.0. The van der Waals surface area contributed by atoms with E-state index in [1.54, 1.807) is 6.07 Å². The molecule has 1 aromatic heterocycles. The molecule has 0 fully saturated rings. The molecule has 7 nitrogen and oxygen atoms in total. The molecule has 1 heterocycles. The third-order valence-electron chi connectivity index (χ3n) is 4.41. The largest absolute Gasteiger partial charge is 0.459 e. The molecule has 0 saturated carbocycles. The highest BCUT2D eigenvalue weighted by atomic mass is 35.5. The van der Waals surface area contributed by atoms with Gasteiger partial charge in [-0.2, -0.15) is 0 Å². The smallest absolute Gasteiger partial charge is 0.244 e. The van der Waals surface area contributed by atoms with Crippen molar-refractivity contribution in [1.82, 2.24) is 9.62 Å². The quantitative estimate of drug-likeness (QED) is 0.591. The van der Waals surface area contributed by atoms with E-state index >= 15 is 0 Å². The van der Waals surface area contributed by atoms with Crippen LogP contribution in [0.5, 0.6) is 0 Å². The van der Waals surface area contributed by atoms with Gasteiger partial charge in [-0.1, -0.05) is 29.8 Å². The third-order valence-corrected chi connectivity index (χ3v) is 6.71. The van der Waals surface area contributed by atoms with Crippen molar-refractivity contribution in [3.8, 4) is 0 Å². The summed E-state index contributed by atoms with van der Waals surface area (Å²) in [6.07, 6.45) is 0. The Kier molecular flexibility index (Phi) is 6.28. The van der Waals surface area contributed by atoms with Crippen molar-refractivity contribution in [1.29, 1.82) is 0 Å². The number of hydrogen-bond acceptors (Lipinski definition) is 5. The molecule has 0 aliphatic carbocycles. The van der Waals surface area contributed by atoms with Crippen LogP contribution in [0, 0.1) is 0 Å². The average Bonchev–Trinajstić information content (AvgIpc) is 3.11. The van der Waals surface area contributed by atoms with Crippen LogP contribution in [0.1, 0.15) is 18.7 Å². The molecule has 1 atom stereocenters. The molecule has 1 amide bonds. The first kappa shape index (κ1) is 21.3. The predicted molar refractivity (Wildman–Crippen MR) is 114 cm³/mol. The van der Waals surface area contributed by atoms with Crippen LogP contribution in [0.25, 0.3) is 11.0 Å². The van der Waals surface area contributed by atoms with Gasteiger partial charge in [0.15, 0.2) is 0 Å². The van der Waals surface area contributed by atoms with E-state index in [4.69, 9.17) is 16.0 Å². The second-order valence-electron chi connectivity index (χ2n) is 6.77. The van der Waals surface area contributed by atoms with Crippen molar-refractivity contribution in [2.75, 3.05) is 26.0 Å². The van der Waals surface area contributed by atoms with E-state index in [2.05, 4.69) is 10.6 Å². The van der Waals surface area contributed by atoms with Gasteiger partial charge in [-0.05, 0) is 37.3 Å². The number of anilines is 1. The van der Waals surface area contributed by atoms with Crippen LogP contribution >= 0.6 is 11.6 Å². The Bertz CT molecular complexity index is 1110. The van der Waals surface area contributed by atoms with E-state index in [9.17, 15) is 13.2 Å². The maximum Gasteiger partial charge on any atom is 0.244 e. The average molecular weight is 436 g/mol. The number of rotatable bonds is 7. The number of benzene rings is 2. The first-order valence-electron chi connectivity index (χ1n) is 8.92. The number of sulfonamides is 1. The first-order chi connectivity index (χ1) is 13.7. The summed E-state index contributed by atoms with van der Waals surface area (Å²) in [7, 11) is -0.884. The highest BCUT2D eigenvalue weighted by molar-refractivity contribution is 7.89. The first-order valence-corrected chi connectivity index (χ1v) is 10.7. The zero-order valence-electron chi connectivity index (χ0n) is 16.3. The molecule has 0 saturated heterocycles. The molecular formula is C20H22ClN3O4S. The molecular weight excluding hydrogens is 414 g/mol. The summed E-state index contributed by atoms with van der Waals surface area (Å²) in [5.41, 5.74) is 1.13. The Hall–Kier alpha value is -2.39. The third kappa shape index (κ3) is 4.79. The van der Waals surface area contributed by atoms with E-state index < -0.39 is 10.0 Å². The van der Waals surface area contributed by atoms with Gasteiger partial charge in [0.1, 0.15) is 16.2 Å². The maximum atomic E-state index is 12.3. The molecule has 0 aliphatic heterocycles. The minimum atomic E-state index is -3.72. The fourth-order valence-electron chi connectivity index (χ4n) is 2.74. The van der Waals surface area contributed by atoms with Crippen molar-refractivity contribution in [3.05, 3.63) is 59.3 Å². The summed E-state index contributed by atoms with van der Waals surface area (Å²) in [4.78, 5) is 12.2. The number of amides is 1. The van der Waals surface area contributed by atoms with Gasteiger partial charge in [-0.15, -0.1) is 0 Å². The molecule has 9 heteroatoms. The molecule has 3 rings (SSSR count). The number of nitrogens with one attached hydrogen (secondary N) is 2. The number of para-hydroxylation sites is 1. The molecule has 3 aromatic rings. The molecule has 0 spiro atoms. The zero-order chi connectivity index (χ0) is 21.2. The highest BCUT2D eigenvalue weighted by Crippen LogP contribution is 2.27. The summed E-state index contributed by atoms with van der Waals surface area (Å²) in [5, 5.41) is 6.86. The Morgan fingerprint density at radius 1 is 1.17 bits per heavy atom. The second-order valence-corrected chi connectivity index (χ2v) is 9.30. The minimum Gasteiger partial charge on any atom is -0.459 e. The predicted octanol–water partition coefficient (Wildman–Crippen LogP) is 3.63. The van der Waals surface area contributed by atoms with Crippen molar-refractivity contribution in [2.45, 2.75) is 17.9 Å². The number of halogens is 1. The van der Waals surface area contributed by atoms with Gasteiger partial charge in [0.05, 0.1) is 17.6 Å². The van der Waals surface area contributed by atoms with Gasteiger partial charge in [0, 0.05) is 25.2 Å². The number of carbonyl (C=O) groups is 1. The number of nitrogens with zero attached hydrogens (tertiary/aromatic N) is 1. The Morgan fingerprint density at radius 2 is 1.90 bits per heavy atom. The van der Waals surface area contributed by atoms with Crippen molar-refractivity contribution >= 4 is 44.2 Å². The fourth-order valence-corrected chi connectivity index (χ4v) is 4.14. The van der Waals surface area contributed by atoms with Crippen LogP contribution in [0.2, 0.25) is 5.02 Å². The van der Waals surface area contributed by atoms with E-state index in [-0.39, 0.29) is 28.4 Å². The molecule has 0 aliphatic rings. The van der Waals surface area contributed by atoms with Crippen LogP contribution in [0.4, 0.5) is 5.69 Å². The van der Waals surface area contributed by atoms with Gasteiger partial charge in [0.25, 0.3) is 0 Å². The SMILES string of the molecule is CC(NCC(=O)Nc1ccc(Cl)c(S(=O)(=O)N(C)C)c1)c1cc2ccccc2o1. The second kappa shape index (κ2) is 8.54. The van der Waals surface area contributed by atoms with Crippen LogP contribution < -0.4 is 10.6 Å². The van der Waals surface area contributed by atoms with Crippen LogP contribution in [0.15, 0.2) is 57.8 Å². The van der Waals surface area contributed by atoms with Gasteiger partial charge in [0.2, 0.25) is 15.9 Å². The van der Waals surface area contributed by atoms with Gasteiger partial charge in [-0.3, -0.25) is 10.1 Å². The molecule has 0 radical (unpaired) electrons. The summed E-state index contributed by atoms with van der Waals surface area (Å²) in [6.45, 7) is 1.92. The van der Waals surface area contributed by atoms with E-state index in [0.29, 0.717) is 5.69 Å². The summed E-state index contributed by atoms with van der Waals surface area (Å²) < 4.78 is 31.5. The molecule has 1 unspecified atom stereocenters. The van der Waals surface area contributed by atoms with Crippen molar-refractivity contribution in [3.63, 3.8) is 0 Å². The van der Waals surface area contributed by atoms with Crippen molar-refractivity contribution in [2.24, 2.45) is 0 Å². The van der Waals surface area contributed by atoms with Crippen LogP contribution in [-0.2, 0) is 14.8 Å². The number of fused-ring (bicyclic) bond motifs is 1. The molecule has 154 valence electrons.